The summed E-state index contributed by atoms with van der Waals surface area (Å²) in [7, 11) is 0. The summed E-state index contributed by atoms with van der Waals surface area (Å²) in [4.78, 5) is 14.9. The quantitative estimate of drug-likeness (QED) is 0.727. The minimum Gasteiger partial charge on any atom is -0.464 e. The van der Waals surface area contributed by atoms with E-state index in [1.165, 1.54) is 18.4 Å². The zero-order valence-corrected chi connectivity index (χ0v) is 14.5. The highest BCUT2D eigenvalue weighted by Crippen LogP contribution is 2.26. The Morgan fingerprint density at radius 1 is 1.12 bits per heavy atom. The van der Waals surface area contributed by atoms with Gasteiger partial charge in [-0.2, -0.15) is 0 Å². The van der Waals surface area contributed by atoms with Crippen LogP contribution in [0.25, 0.3) is 0 Å². The lowest BCUT2D eigenvalue weighted by Gasteiger charge is -2.28. The number of nitrogens with zero attached hydrogens (tertiary/aromatic N) is 1. The minimum absolute atomic E-state index is 0.270. The van der Waals surface area contributed by atoms with Crippen molar-refractivity contribution in [3.8, 4) is 0 Å². The summed E-state index contributed by atoms with van der Waals surface area (Å²) in [5.74, 6) is 2.08. The zero-order chi connectivity index (χ0) is 16.8. The third-order valence-corrected chi connectivity index (χ3v) is 4.91. The van der Waals surface area contributed by atoms with Crippen LogP contribution in [0.3, 0.4) is 0 Å². The molecule has 0 radical (unpaired) electrons. The van der Waals surface area contributed by atoms with Gasteiger partial charge in [-0.3, -0.25) is 4.79 Å². The van der Waals surface area contributed by atoms with Gasteiger partial charge in [0.25, 0.3) is 0 Å². The van der Waals surface area contributed by atoms with Crippen molar-refractivity contribution in [1.29, 1.82) is 0 Å². The number of aryl methyl sites for hydroxylation is 2. The number of furan rings is 1. The highest BCUT2D eigenvalue weighted by Gasteiger charge is 2.27. The van der Waals surface area contributed by atoms with E-state index in [-0.39, 0.29) is 5.91 Å². The van der Waals surface area contributed by atoms with Gasteiger partial charge in [-0.05, 0) is 50.3 Å². The van der Waals surface area contributed by atoms with Gasteiger partial charge in [0.15, 0.2) is 0 Å². The summed E-state index contributed by atoms with van der Waals surface area (Å²) in [5, 5.41) is 0. The molecule has 1 aromatic heterocycles. The number of rotatable bonds is 7. The van der Waals surface area contributed by atoms with E-state index in [1.807, 2.05) is 25.1 Å². The van der Waals surface area contributed by atoms with Gasteiger partial charge in [-0.15, -0.1) is 0 Å². The Kier molecular flexibility index (Phi) is 5.73. The van der Waals surface area contributed by atoms with Crippen LogP contribution < -0.4 is 0 Å². The normalized spacial score (nSPS) is 14.9. The molecule has 2 aromatic rings. The van der Waals surface area contributed by atoms with Crippen LogP contribution >= 0.6 is 0 Å². The molecule has 128 valence electrons. The summed E-state index contributed by atoms with van der Waals surface area (Å²) in [6, 6.07) is 14.8. The third-order valence-electron chi connectivity index (χ3n) is 4.91. The molecule has 1 aliphatic rings. The Labute approximate surface area is 144 Å². The van der Waals surface area contributed by atoms with Crippen LogP contribution in [0.2, 0.25) is 0 Å². The molecule has 3 rings (SSSR count). The first-order chi connectivity index (χ1) is 11.7. The molecule has 1 heterocycles. The fraction of sp³-hybridized carbons (Fsp3) is 0.476. The van der Waals surface area contributed by atoms with Crippen LogP contribution in [-0.4, -0.2) is 16.8 Å². The van der Waals surface area contributed by atoms with E-state index in [0.29, 0.717) is 19.0 Å². The number of benzene rings is 1. The molecule has 0 atom stereocenters. The van der Waals surface area contributed by atoms with Crippen LogP contribution in [0.4, 0.5) is 0 Å². The molecule has 0 spiro atoms. The van der Waals surface area contributed by atoms with E-state index in [2.05, 4.69) is 29.2 Å². The number of carbonyl (C=O) groups excluding carboxylic acids is 1. The zero-order valence-electron chi connectivity index (χ0n) is 14.5. The SMILES string of the molecule is Cc1ccc(CN(C(=O)CCCc2ccccc2)C2CCCC2)o1. The molecule has 1 aromatic carbocycles. The number of hydrogen-bond acceptors (Lipinski definition) is 2. The van der Waals surface area contributed by atoms with Gasteiger partial charge in [0.2, 0.25) is 5.91 Å². The van der Waals surface area contributed by atoms with Gasteiger partial charge in [0.05, 0.1) is 6.54 Å². The van der Waals surface area contributed by atoms with Gasteiger partial charge in [-0.1, -0.05) is 43.2 Å². The van der Waals surface area contributed by atoms with Crippen molar-refractivity contribution in [3.63, 3.8) is 0 Å². The molecule has 0 aliphatic heterocycles. The smallest absolute Gasteiger partial charge is 0.223 e. The maximum atomic E-state index is 12.8. The molecule has 24 heavy (non-hydrogen) atoms. The van der Waals surface area contributed by atoms with Gasteiger partial charge >= 0.3 is 0 Å². The van der Waals surface area contributed by atoms with Gasteiger partial charge in [-0.25, -0.2) is 0 Å². The van der Waals surface area contributed by atoms with Crippen molar-refractivity contribution in [1.82, 2.24) is 4.90 Å². The summed E-state index contributed by atoms with van der Waals surface area (Å²) in [5.41, 5.74) is 1.30. The summed E-state index contributed by atoms with van der Waals surface area (Å²) < 4.78 is 5.70. The fourth-order valence-electron chi connectivity index (χ4n) is 3.61. The second kappa shape index (κ2) is 8.18. The van der Waals surface area contributed by atoms with E-state index >= 15 is 0 Å². The summed E-state index contributed by atoms with van der Waals surface area (Å²) >= 11 is 0. The minimum atomic E-state index is 0.270. The molecule has 1 saturated carbocycles. The Balaban J connectivity index is 1.58. The molecule has 1 fully saturated rings. The topological polar surface area (TPSA) is 33.5 Å². The molecule has 3 nitrogen and oxygen atoms in total. The van der Waals surface area contributed by atoms with E-state index in [1.54, 1.807) is 0 Å². The second-order valence-electron chi connectivity index (χ2n) is 6.81. The monoisotopic (exact) mass is 325 g/mol. The maximum Gasteiger partial charge on any atom is 0.223 e. The summed E-state index contributed by atoms with van der Waals surface area (Å²) in [6.07, 6.45) is 7.21. The van der Waals surface area contributed by atoms with Crippen molar-refractivity contribution >= 4 is 5.91 Å². The van der Waals surface area contributed by atoms with Crippen LogP contribution in [0.15, 0.2) is 46.9 Å². The molecular formula is C21H27NO2. The molecule has 1 amide bonds. The van der Waals surface area contributed by atoms with Crippen molar-refractivity contribution in [2.75, 3.05) is 0 Å². The highest BCUT2D eigenvalue weighted by molar-refractivity contribution is 5.76. The lowest BCUT2D eigenvalue weighted by Crippen LogP contribution is -2.38. The molecule has 0 N–H and O–H groups in total. The standard InChI is InChI=1S/C21H27NO2/c1-17-14-15-20(24-17)16-22(19-11-5-6-12-19)21(23)13-7-10-18-8-3-2-4-9-18/h2-4,8-9,14-15,19H,5-7,10-13,16H2,1H3. The van der Waals surface area contributed by atoms with Crippen molar-refractivity contribution in [3.05, 3.63) is 59.5 Å². The van der Waals surface area contributed by atoms with Gasteiger partial charge in [0, 0.05) is 12.5 Å². The molecule has 0 bridgehead atoms. The Morgan fingerprint density at radius 3 is 2.54 bits per heavy atom. The average Bonchev–Trinajstić information content (AvgIpc) is 3.25. The van der Waals surface area contributed by atoms with E-state index < -0.39 is 0 Å². The Morgan fingerprint density at radius 2 is 1.88 bits per heavy atom. The van der Waals surface area contributed by atoms with E-state index in [0.717, 1.165) is 37.2 Å². The van der Waals surface area contributed by atoms with Gasteiger partial charge < -0.3 is 9.32 Å². The van der Waals surface area contributed by atoms with Crippen LogP contribution in [0.5, 0.6) is 0 Å². The lowest BCUT2D eigenvalue weighted by molar-refractivity contribution is -0.134. The van der Waals surface area contributed by atoms with E-state index in [4.69, 9.17) is 4.42 Å². The van der Waals surface area contributed by atoms with Crippen LogP contribution in [0, 0.1) is 6.92 Å². The first kappa shape index (κ1) is 16.8. The number of carbonyl (C=O) groups is 1. The highest BCUT2D eigenvalue weighted by atomic mass is 16.3. The predicted molar refractivity (Wildman–Crippen MR) is 95.6 cm³/mol. The Hall–Kier alpha value is -2.03. The average molecular weight is 325 g/mol. The Bertz CT molecular complexity index is 641. The molecule has 0 unspecified atom stereocenters. The van der Waals surface area contributed by atoms with Crippen molar-refractivity contribution in [2.24, 2.45) is 0 Å². The third kappa shape index (κ3) is 4.50. The largest absolute Gasteiger partial charge is 0.464 e. The summed E-state index contributed by atoms with van der Waals surface area (Å²) in [6.45, 7) is 2.56. The lowest BCUT2D eigenvalue weighted by atomic mass is 10.1. The second-order valence-corrected chi connectivity index (χ2v) is 6.81. The van der Waals surface area contributed by atoms with E-state index in [9.17, 15) is 4.79 Å². The predicted octanol–water partition coefficient (Wildman–Crippen LogP) is 4.88. The first-order valence-corrected chi connectivity index (χ1v) is 9.11. The molecular weight excluding hydrogens is 298 g/mol. The van der Waals surface area contributed by atoms with Crippen molar-refractivity contribution < 1.29 is 9.21 Å². The molecule has 3 heteroatoms. The van der Waals surface area contributed by atoms with Crippen LogP contribution in [-0.2, 0) is 17.8 Å². The molecule has 1 aliphatic carbocycles. The fourth-order valence-corrected chi connectivity index (χ4v) is 3.61. The first-order valence-electron chi connectivity index (χ1n) is 9.11. The molecule has 0 saturated heterocycles. The van der Waals surface area contributed by atoms with Crippen molar-refractivity contribution in [2.45, 2.75) is 64.5 Å². The van der Waals surface area contributed by atoms with Gasteiger partial charge in [0.1, 0.15) is 11.5 Å². The number of amides is 1. The van der Waals surface area contributed by atoms with Crippen LogP contribution in [0.1, 0.15) is 55.6 Å². The maximum absolute atomic E-state index is 12.8. The number of hydrogen-bond donors (Lipinski definition) is 0.